The molecule has 3 aromatic rings. The fourth-order valence-electron chi connectivity index (χ4n) is 3.11. The van der Waals surface area contributed by atoms with E-state index in [4.69, 9.17) is 15.3 Å². The molecule has 0 aliphatic heterocycles. The Morgan fingerprint density at radius 2 is 1.79 bits per heavy atom. The molecule has 0 radical (unpaired) electrons. The van der Waals surface area contributed by atoms with Crippen LogP contribution in [-0.4, -0.2) is 27.0 Å². The van der Waals surface area contributed by atoms with Crippen molar-refractivity contribution < 1.29 is 4.74 Å². The molecule has 0 amide bonds. The first kappa shape index (κ1) is 20.5. The topological polar surface area (TPSA) is 110 Å². The van der Waals surface area contributed by atoms with Gasteiger partial charge < -0.3 is 4.74 Å². The van der Waals surface area contributed by atoms with Crippen molar-refractivity contribution in [2.45, 2.75) is 52.0 Å². The summed E-state index contributed by atoms with van der Waals surface area (Å²) in [7, 11) is 1.57. The van der Waals surface area contributed by atoms with Gasteiger partial charge in [0.1, 0.15) is 5.82 Å². The van der Waals surface area contributed by atoms with Crippen molar-refractivity contribution in [2.75, 3.05) is 7.11 Å². The van der Waals surface area contributed by atoms with Gasteiger partial charge in [-0.15, -0.1) is 0 Å². The van der Waals surface area contributed by atoms with Gasteiger partial charge in [0.2, 0.25) is 5.88 Å². The van der Waals surface area contributed by atoms with Crippen LogP contribution in [0.25, 0.3) is 21.2 Å². The minimum atomic E-state index is -0.765. The molecular weight excluding hydrogens is 366 g/mol. The maximum absolute atomic E-state index is 8.96. The Morgan fingerprint density at radius 1 is 1.03 bits per heavy atom. The summed E-state index contributed by atoms with van der Waals surface area (Å²) >= 11 is 0. The van der Waals surface area contributed by atoms with Crippen LogP contribution in [0.2, 0.25) is 0 Å². The molecule has 0 fully saturated rings. The number of ether oxygens (including phenoxy) is 1. The van der Waals surface area contributed by atoms with Crippen LogP contribution < -0.4 is 4.74 Å². The molecule has 0 bridgehead atoms. The van der Waals surface area contributed by atoms with E-state index >= 15 is 0 Å². The molecule has 29 heavy (non-hydrogen) atoms. The second-order valence-corrected chi connectivity index (χ2v) is 8.45. The van der Waals surface area contributed by atoms with Crippen molar-refractivity contribution in [3.05, 3.63) is 63.9 Å². The second-order valence-electron chi connectivity index (χ2n) is 8.45. The first-order valence-corrected chi connectivity index (χ1v) is 9.36. The summed E-state index contributed by atoms with van der Waals surface area (Å²) in [6.07, 6.45) is 5.79. The fraction of sp³-hybridized carbons (Fsp3) is 0.429. The molecular formula is C21H25N7O. The van der Waals surface area contributed by atoms with Gasteiger partial charge in [0.15, 0.2) is 0 Å². The lowest BCUT2D eigenvalue weighted by atomic mass is 9.92. The number of methoxy groups -OCH3 is 1. The molecule has 0 saturated heterocycles. The standard InChI is InChI=1S/C21H25N7O/c1-20(2,3)19-23-8-7-13(26-19)9-14-10-15-16(11-24-14)18(29-6)25-12-17(15)21(4,5)27-28-22/h7-8,10-12H,9H2,1-6H3. The molecule has 3 aromatic heterocycles. The van der Waals surface area contributed by atoms with Gasteiger partial charge in [-0.25, -0.2) is 15.0 Å². The van der Waals surface area contributed by atoms with Gasteiger partial charge in [-0.3, -0.25) is 4.98 Å². The van der Waals surface area contributed by atoms with Crippen LogP contribution in [0, 0.1) is 0 Å². The van der Waals surface area contributed by atoms with Crippen molar-refractivity contribution in [1.29, 1.82) is 0 Å². The van der Waals surface area contributed by atoms with Gasteiger partial charge in [-0.2, -0.15) is 0 Å². The number of fused-ring (bicyclic) bond motifs is 1. The highest BCUT2D eigenvalue weighted by molar-refractivity contribution is 5.90. The van der Waals surface area contributed by atoms with Gasteiger partial charge in [0.05, 0.1) is 23.7 Å². The third-order valence-corrected chi connectivity index (χ3v) is 4.69. The Hall–Kier alpha value is -3.25. The number of pyridine rings is 2. The average molecular weight is 391 g/mol. The Labute approximate surface area is 170 Å². The molecule has 0 unspecified atom stereocenters. The highest BCUT2D eigenvalue weighted by Gasteiger charge is 2.24. The summed E-state index contributed by atoms with van der Waals surface area (Å²) in [5.41, 5.74) is 10.6. The lowest BCUT2D eigenvalue weighted by Crippen LogP contribution is -2.17. The van der Waals surface area contributed by atoms with Crippen LogP contribution in [-0.2, 0) is 17.4 Å². The molecule has 8 heteroatoms. The number of hydrogen-bond acceptors (Lipinski definition) is 6. The van der Waals surface area contributed by atoms with Crippen molar-refractivity contribution in [1.82, 2.24) is 19.9 Å². The van der Waals surface area contributed by atoms with Gasteiger partial charge in [0, 0.05) is 41.0 Å². The molecule has 3 rings (SSSR count). The van der Waals surface area contributed by atoms with E-state index < -0.39 is 5.54 Å². The molecule has 0 spiro atoms. The molecule has 0 N–H and O–H groups in total. The molecule has 8 nitrogen and oxygen atoms in total. The summed E-state index contributed by atoms with van der Waals surface area (Å²) in [6.45, 7) is 9.97. The zero-order chi connectivity index (χ0) is 21.2. The SMILES string of the molecule is COc1ncc(C(C)(C)N=[N+]=[N-])c2cc(Cc3ccnc(C(C)(C)C)n3)ncc12. The van der Waals surface area contributed by atoms with E-state index in [-0.39, 0.29) is 5.41 Å². The molecule has 0 atom stereocenters. The second kappa shape index (κ2) is 7.64. The van der Waals surface area contributed by atoms with Crippen LogP contribution >= 0.6 is 0 Å². The van der Waals surface area contributed by atoms with Gasteiger partial charge in [-0.05, 0) is 28.6 Å². The fourth-order valence-corrected chi connectivity index (χ4v) is 3.11. The summed E-state index contributed by atoms with van der Waals surface area (Å²) in [5.74, 6) is 1.28. The van der Waals surface area contributed by atoms with Crippen molar-refractivity contribution in [2.24, 2.45) is 5.11 Å². The van der Waals surface area contributed by atoms with E-state index in [9.17, 15) is 0 Å². The smallest absolute Gasteiger partial charge is 0.222 e. The van der Waals surface area contributed by atoms with Gasteiger partial charge in [-0.1, -0.05) is 39.7 Å². The third-order valence-electron chi connectivity index (χ3n) is 4.69. The van der Waals surface area contributed by atoms with E-state index in [0.29, 0.717) is 12.3 Å². The quantitative estimate of drug-likeness (QED) is 0.350. The third kappa shape index (κ3) is 4.27. The number of azide groups is 1. The average Bonchev–Trinajstić information content (AvgIpc) is 2.66. The predicted octanol–water partition coefficient (Wildman–Crippen LogP) is 4.86. The molecule has 3 heterocycles. The first-order chi connectivity index (χ1) is 13.7. The monoisotopic (exact) mass is 391 g/mol. The zero-order valence-electron chi connectivity index (χ0n) is 17.6. The van der Waals surface area contributed by atoms with Crippen molar-refractivity contribution >= 4 is 10.8 Å². The molecule has 0 aromatic carbocycles. The maximum atomic E-state index is 8.96. The molecule has 0 aliphatic carbocycles. The Kier molecular flexibility index (Phi) is 5.40. The molecule has 0 saturated carbocycles. The minimum absolute atomic E-state index is 0.127. The summed E-state index contributed by atoms with van der Waals surface area (Å²) in [6, 6.07) is 3.89. The highest BCUT2D eigenvalue weighted by Crippen LogP contribution is 2.34. The van der Waals surface area contributed by atoms with E-state index in [1.165, 1.54) is 0 Å². The predicted molar refractivity (Wildman–Crippen MR) is 112 cm³/mol. The van der Waals surface area contributed by atoms with E-state index in [1.807, 2.05) is 26.0 Å². The minimum Gasteiger partial charge on any atom is -0.481 e. The zero-order valence-corrected chi connectivity index (χ0v) is 17.6. The Morgan fingerprint density at radius 3 is 2.45 bits per heavy atom. The van der Waals surface area contributed by atoms with Crippen LogP contribution in [0.4, 0.5) is 0 Å². The summed E-state index contributed by atoms with van der Waals surface area (Å²) in [4.78, 5) is 21.0. The van der Waals surface area contributed by atoms with E-state index in [2.05, 4.69) is 45.7 Å². The van der Waals surface area contributed by atoms with Crippen LogP contribution in [0.5, 0.6) is 5.88 Å². The largest absolute Gasteiger partial charge is 0.481 e. The lowest BCUT2D eigenvalue weighted by Gasteiger charge is -2.21. The van der Waals surface area contributed by atoms with E-state index in [1.54, 1.807) is 25.7 Å². The first-order valence-electron chi connectivity index (χ1n) is 9.36. The lowest BCUT2D eigenvalue weighted by molar-refractivity contribution is 0.402. The molecule has 150 valence electrons. The number of hydrogen-bond donors (Lipinski definition) is 0. The van der Waals surface area contributed by atoms with Gasteiger partial charge in [0.25, 0.3) is 0 Å². The number of nitrogens with zero attached hydrogens (tertiary/aromatic N) is 7. The Balaban J connectivity index is 2.11. The normalized spacial score (nSPS) is 11.9. The number of aromatic nitrogens is 4. The van der Waals surface area contributed by atoms with Crippen LogP contribution in [0.3, 0.4) is 0 Å². The Bertz CT molecular complexity index is 1100. The van der Waals surface area contributed by atoms with Gasteiger partial charge >= 0.3 is 0 Å². The molecule has 0 aliphatic rings. The summed E-state index contributed by atoms with van der Waals surface area (Å²) < 4.78 is 5.39. The number of rotatable bonds is 5. The van der Waals surface area contributed by atoms with Crippen molar-refractivity contribution in [3.8, 4) is 5.88 Å². The van der Waals surface area contributed by atoms with Crippen molar-refractivity contribution in [3.63, 3.8) is 0 Å². The maximum Gasteiger partial charge on any atom is 0.222 e. The van der Waals surface area contributed by atoms with E-state index in [0.717, 1.165) is 33.5 Å². The van der Waals surface area contributed by atoms with Crippen LogP contribution in [0.15, 0.2) is 35.8 Å². The van der Waals surface area contributed by atoms with Crippen LogP contribution in [0.1, 0.15) is 57.4 Å². The summed E-state index contributed by atoms with van der Waals surface area (Å²) in [5, 5.41) is 5.61. The highest BCUT2D eigenvalue weighted by atomic mass is 16.5.